The van der Waals surface area contributed by atoms with Crippen molar-refractivity contribution in [1.82, 2.24) is 9.88 Å². The van der Waals surface area contributed by atoms with Gasteiger partial charge in [-0.25, -0.2) is 4.98 Å². The lowest BCUT2D eigenvalue weighted by molar-refractivity contribution is -0.385. The molecule has 1 heterocycles. The van der Waals surface area contributed by atoms with E-state index in [4.69, 9.17) is 5.73 Å². The smallest absolute Gasteiger partial charge is 0.300 e. The largest absolute Gasteiger partial charge is 0.384 e. The summed E-state index contributed by atoms with van der Waals surface area (Å²) >= 11 is 0. The van der Waals surface area contributed by atoms with Gasteiger partial charge >= 0.3 is 0 Å². The van der Waals surface area contributed by atoms with E-state index >= 15 is 0 Å². The fourth-order valence-corrected chi connectivity index (χ4v) is 1.62. The molecule has 1 amide bonds. The van der Waals surface area contributed by atoms with Gasteiger partial charge in [0.25, 0.3) is 11.6 Å². The van der Waals surface area contributed by atoms with Gasteiger partial charge in [0.05, 0.1) is 4.92 Å². The average Bonchev–Trinajstić information content (AvgIpc) is 2.34. The van der Waals surface area contributed by atoms with Crippen molar-refractivity contribution in [3.05, 3.63) is 27.9 Å². The highest BCUT2D eigenvalue weighted by atomic mass is 16.6. The Labute approximate surface area is 105 Å². The summed E-state index contributed by atoms with van der Waals surface area (Å²) < 4.78 is 0. The number of rotatable bonds is 5. The van der Waals surface area contributed by atoms with Crippen LogP contribution in [-0.4, -0.2) is 33.8 Å². The Morgan fingerprint density at radius 1 is 1.56 bits per heavy atom. The first-order valence-electron chi connectivity index (χ1n) is 5.70. The van der Waals surface area contributed by atoms with Gasteiger partial charge in [-0.05, 0) is 19.4 Å². The van der Waals surface area contributed by atoms with Crippen molar-refractivity contribution in [3.63, 3.8) is 0 Å². The van der Waals surface area contributed by atoms with E-state index < -0.39 is 4.92 Å². The van der Waals surface area contributed by atoms with E-state index in [-0.39, 0.29) is 23.0 Å². The van der Waals surface area contributed by atoms with Crippen molar-refractivity contribution < 1.29 is 9.72 Å². The quantitative estimate of drug-likeness (QED) is 0.631. The minimum absolute atomic E-state index is 0.0113. The number of aromatic nitrogens is 1. The molecular weight excluding hydrogens is 236 g/mol. The number of hydrogen-bond acceptors (Lipinski definition) is 5. The van der Waals surface area contributed by atoms with Gasteiger partial charge in [0.15, 0.2) is 0 Å². The molecule has 1 aromatic rings. The van der Waals surface area contributed by atoms with Crippen molar-refractivity contribution in [1.29, 1.82) is 0 Å². The predicted octanol–water partition coefficient (Wildman–Crippen LogP) is 1.44. The molecule has 2 N–H and O–H groups in total. The number of hydrogen-bond donors (Lipinski definition) is 1. The summed E-state index contributed by atoms with van der Waals surface area (Å²) in [4.78, 5) is 27.6. The lowest BCUT2D eigenvalue weighted by Gasteiger charge is -2.19. The lowest BCUT2D eigenvalue weighted by atomic mass is 10.2. The number of nitrogens with zero attached hydrogens (tertiary/aromatic N) is 3. The SMILES string of the molecule is CCCN(CC)C(=O)c1cc(N)ncc1[N+](=O)[O-]. The summed E-state index contributed by atoms with van der Waals surface area (Å²) in [5.74, 6) is -0.295. The minimum Gasteiger partial charge on any atom is -0.384 e. The molecule has 0 radical (unpaired) electrons. The molecule has 7 heteroatoms. The molecule has 0 aliphatic heterocycles. The van der Waals surface area contributed by atoms with Crippen molar-refractivity contribution in [2.24, 2.45) is 0 Å². The van der Waals surface area contributed by atoms with Gasteiger partial charge < -0.3 is 10.6 Å². The number of amides is 1. The maximum absolute atomic E-state index is 12.2. The van der Waals surface area contributed by atoms with Crippen molar-refractivity contribution >= 4 is 17.4 Å². The van der Waals surface area contributed by atoms with Crippen LogP contribution < -0.4 is 5.73 Å². The number of anilines is 1. The molecule has 0 fully saturated rings. The zero-order valence-corrected chi connectivity index (χ0v) is 10.4. The van der Waals surface area contributed by atoms with Crippen LogP contribution in [0.4, 0.5) is 11.5 Å². The first kappa shape index (κ1) is 13.9. The zero-order valence-electron chi connectivity index (χ0n) is 10.4. The Morgan fingerprint density at radius 3 is 2.72 bits per heavy atom. The number of nitrogen functional groups attached to an aromatic ring is 1. The molecule has 7 nitrogen and oxygen atoms in total. The molecule has 18 heavy (non-hydrogen) atoms. The molecule has 0 atom stereocenters. The van der Waals surface area contributed by atoms with Gasteiger partial charge in [0.2, 0.25) is 0 Å². The van der Waals surface area contributed by atoms with Crippen molar-refractivity contribution in [2.45, 2.75) is 20.3 Å². The second-order valence-electron chi connectivity index (χ2n) is 3.77. The van der Waals surface area contributed by atoms with E-state index in [1.807, 2.05) is 13.8 Å². The summed E-state index contributed by atoms with van der Waals surface area (Å²) in [6, 6.07) is 1.25. The van der Waals surface area contributed by atoms with Crippen LogP contribution in [0.2, 0.25) is 0 Å². The normalized spacial score (nSPS) is 10.1. The van der Waals surface area contributed by atoms with Gasteiger partial charge in [-0.1, -0.05) is 6.92 Å². The third-order valence-corrected chi connectivity index (χ3v) is 2.49. The van der Waals surface area contributed by atoms with E-state index in [0.717, 1.165) is 12.6 Å². The lowest BCUT2D eigenvalue weighted by Crippen LogP contribution is -2.32. The maximum atomic E-state index is 12.2. The van der Waals surface area contributed by atoms with Crippen LogP contribution in [0, 0.1) is 10.1 Å². The molecule has 0 bridgehead atoms. The van der Waals surface area contributed by atoms with Gasteiger partial charge in [-0.3, -0.25) is 14.9 Å². The van der Waals surface area contributed by atoms with E-state index in [9.17, 15) is 14.9 Å². The number of nitrogens with two attached hydrogens (primary N) is 1. The summed E-state index contributed by atoms with van der Waals surface area (Å²) in [7, 11) is 0. The second-order valence-corrected chi connectivity index (χ2v) is 3.77. The van der Waals surface area contributed by atoms with Crippen LogP contribution in [0.25, 0.3) is 0 Å². The Kier molecular flexibility index (Phi) is 4.59. The molecule has 0 spiro atoms. The number of pyridine rings is 1. The number of nitro groups is 1. The molecule has 0 aliphatic rings. The van der Waals surface area contributed by atoms with E-state index in [0.29, 0.717) is 13.1 Å². The average molecular weight is 252 g/mol. The van der Waals surface area contributed by atoms with E-state index in [1.54, 1.807) is 4.90 Å². The first-order chi connectivity index (χ1) is 8.51. The van der Waals surface area contributed by atoms with Gasteiger partial charge in [0.1, 0.15) is 17.6 Å². The third-order valence-electron chi connectivity index (χ3n) is 2.49. The molecular formula is C11H16N4O3. The van der Waals surface area contributed by atoms with E-state index in [1.165, 1.54) is 6.07 Å². The molecule has 1 rings (SSSR count). The second kappa shape index (κ2) is 5.95. The van der Waals surface area contributed by atoms with Crippen LogP contribution in [0.5, 0.6) is 0 Å². The molecule has 0 aromatic carbocycles. The van der Waals surface area contributed by atoms with Crippen LogP contribution >= 0.6 is 0 Å². The molecule has 1 aromatic heterocycles. The van der Waals surface area contributed by atoms with E-state index in [2.05, 4.69) is 4.98 Å². The van der Waals surface area contributed by atoms with Crippen molar-refractivity contribution in [2.75, 3.05) is 18.8 Å². The highest BCUT2D eigenvalue weighted by molar-refractivity contribution is 5.98. The molecule has 0 saturated carbocycles. The van der Waals surface area contributed by atoms with Gasteiger partial charge in [-0.2, -0.15) is 0 Å². The van der Waals surface area contributed by atoms with Gasteiger partial charge in [-0.15, -0.1) is 0 Å². The van der Waals surface area contributed by atoms with Crippen LogP contribution in [0.3, 0.4) is 0 Å². The summed E-state index contributed by atoms with van der Waals surface area (Å²) in [5.41, 5.74) is 5.15. The Hall–Kier alpha value is -2.18. The van der Waals surface area contributed by atoms with Crippen LogP contribution in [0.15, 0.2) is 12.3 Å². The van der Waals surface area contributed by atoms with Crippen LogP contribution in [-0.2, 0) is 0 Å². The Morgan fingerprint density at radius 2 is 2.22 bits per heavy atom. The Bertz CT molecular complexity index is 462. The maximum Gasteiger partial charge on any atom is 0.300 e. The Balaban J connectivity index is 3.17. The molecule has 0 saturated heterocycles. The zero-order chi connectivity index (χ0) is 13.7. The number of carbonyl (C=O) groups is 1. The van der Waals surface area contributed by atoms with Crippen molar-refractivity contribution in [3.8, 4) is 0 Å². The highest BCUT2D eigenvalue weighted by Crippen LogP contribution is 2.20. The predicted molar refractivity (Wildman–Crippen MR) is 67.2 cm³/mol. The fraction of sp³-hybridized carbons (Fsp3) is 0.455. The standard InChI is InChI=1S/C11H16N4O3/c1-3-5-14(4-2)11(16)8-6-10(12)13-7-9(8)15(17)18/h6-7H,3-5H2,1-2H3,(H2,12,13). The monoisotopic (exact) mass is 252 g/mol. The summed E-state index contributed by atoms with van der Waals surface area (Å²) in [6.45, 7) is 4.80. The van der Waals surface area contributed by atoms with Gasteiger partial charge in [0, 0.05) is 13.1 Å². The first-order valence-corrected chi connectivity index (χ1v) is 5.70. The molecule has 0 unspecified atom stereocenters. The minimum atomic E-state index is -0.626. The summed E-state index contributed by atoms with van der Waals surface area (Å²) in [6.07, 6.45) is 1.80. The van der Waals surface area contributed by atoms with Crippen LogP contribution in [0.1, 0.15) is 30.6 Å². The topological polar surface area (TPSA) is 102 Å². The third kappa shape index (κ3) is 2.93. The summed E-state index contributed by atoms with van der Waals surface area (Å²) in [5, 5.41) is 10.9. The fourth-order valence-electron chi connectivity index (χ4n) is 1.62. The number of carbonyl (C=O) groups excluding carboxylic acids is 1. The highest BCUT2D eigenvalue weighted by Gasteiger charge is 2.24. The molecule has 0 aliphatic carbocycles. The molecule has 98 valence electrons.